The summed E-state index contributed by atoms with van der Waals surface area (Å²) in [7, 11) is -3.30. The molecule has 1 aliphatic carbocycles. The number of hydrogen-bond acceptors (Lipinski definition) is 3. The van der Waals surface area contributed by atoms with Gasteiger partial charge in [0.1, 0.15) is 24.0 Å². The van der Waals surface area contributed by atoms with Crippen LogP contribution in [0.15, 0.2) is 48.5 Å². The van der Waals surface area contributed by atoms with Crippen molar-refractivity contribution in [1.82, 2.24) is 4.72 Å². The SMILES string of the molecule is CCCS(=O)(=O)NC1CCCC=C1c1ccc(OCc2cc(F)cc(F)c2)cc1. The normalized spacial score (nSPS) is 17.1. The van der Waals surface area contributed by atoms with E-state index in [-0.39, 0.29) is 18.4 Å². The van der Waals surface area contributed by atoms with Crippen molar-refractivity contribution in [2.75, 3.05) is 5.75 Å². The van der Waals surface area contributed by atoms with Crippen molar-refractivity contribution in [2.24, 2.45) is 0 Å². The number of ether oxygens (including phenoxy) is 1. The highest BCUT2D eigenvalue weighted by molar-refractivity contribution is 7.89. The third-order valence-corrected chi connectivity index (χ3v) is 6.34. The van der Waals surface area contributed by atoms with Crippen LogP contribution in [0.25, 0.3) is 5.57 Å². The summed E-state index contributed by atoms with van der Waals surface area (Å²) in [6.07, 6.45) is 5.26. The Morgan fingerprint density at radius 3 is 2.45 bits per heavy atom. The summed E-state index contributed by atoms with van der Waals surface area (Å²) in [6.45, 7) is 1.89. The fourth-order valence-electron chi connectivity index (χ4n) is 3.47. The Labute approximate surface area is 170 Å². The summed E-state index contributed by atoms with van der Waals surface area (Å²) in [5.41, 5.74) is 2.31. The van der Waals surface area contributed by atoms with Crippen LogP contribution in [-0.2, 0) is 16.6 Å². The Hall–Kier alpha value is -2.25. The average molecular weight is 422 g/mol. The number of halogens is 2. The van der Waals surface area contributed by atoms with Crippen LogP contribution in [0.5, 0.6) is 5.75 Å². The molecule has 0 spiro atoms. The van der Waals surface area contributed by atoms with Gasteiger partial charge < -0.3 is 4.74 Å². The lowest BCUT2D eigenvalue weighted by Gasteiger charge is -2.25. The number of allylic oxidation sites excluding steroid dienone is 1. The third-order valence-electron chi connectivity index (χ3n) is 4.75. The van der Waals surface area contributed by atoms with E-state index >= 15 is 0 Å². The maximum Gasteiger partial charge on any atom is 0.212 e. The van der Waals surface area contributed by atoms with Crippen molar-refractivity contribution in [3.05, 3.63) is 71.3 Å². The van der Waals surface area contributed by atoms with E-state index in [2.05, 4.69) is 10.8 Å². The van der Waals surface area contributed by atoms with Crippen molar-refractivity contribution < 1.29 is 21.9 Å². The highest BCUT2D eigenvalue weighted by atomic mass is 32.2. The minimum Gasteiger partial charge on any atom is -0.489 e. The van der Waals surface area contributed by atoms with Gasteiger partial charge in [0, 0.05) is 12.1 Å². The summed E-state index contributed by atoms with van der Waals surface area (Å²) in [5.74, 6) is -0.595. The molecule has 0 radical (unpaired) electrons. The van der Waals surface area contributed by atoms with Gasteiger partial charge in [-0.15, -0.1) is 0 Å². The van der Waals surface area contributed by atoms with E-state index in [1.165, 1.54) is 12.1 Å². The molecule has 0 aromatic heterocycles. The molecule has 29 heavy (non-hydrogen) atoms. The Bertz CT molecular complexity index is 952. The van der Waals surface area contributed by atoms with Gasteiger partial charge in [-0.25, -0.2) is 21.9 Å². The molecule has 0 fully saturated rings. The lowest BCUT2D eigenvalue weighted by Crippen LogP contribution is -2.38. The molecule has 156 valence electrons. The Kier molecular flexibility index (Phi) is 7.03. The summed E-state index contributed by atoms with van der Waals surface area (Å²) in [4.78, 5) is 0. The van der Waals surface area contributed by atoms with Crippen molar-refractivity contribution in [3.8, 4) is 5.75 Å². The average Bonchev–Trinajstić information content (AvgIpc) is 2.66. The van der Waals surface area contributed by atoms with Crippen LogP contribution in [-0.4, -0.2) is 20.2 Å². The smallest absolute Gasteiger partial charge is 0.212 e. The van der Waals surface area contributed by atoms with Gasteiger partial charge in [0.25, 0.3) is 0 Å². The van der Waals surface area contributed by atoms with Crippen LogP contribution in [0.4, 0.5) is 8.78 Å². The zero-order valence-corrected chi connectivity index (χ0v) is 17.1. The van der Waals surface area contributed by atoms with Crippen LogP contribution in [0.1, 0.15) is 43.7 Å². The number of nitrogens with one attached hydrogen (secondary N) is 1. The highest BCUT2D eigenvalue weighted by Gasteiger charge is 2.23. The summed E-state index contributed by atoms with van der Waals surface area (Å²) in [6, 6.07) is 10.4. The molecule has 1 atom stereocenters. The second-order valence-corrected chi connectivity index (χ2v) is 9.04. The van der Waals surface area contributed by atoms with Crippen LogP contribution in [0.3, 0.4) is 0 Å². The fourth-order valence-corrected chi connectivity index (χ4v) is 4.80. The first-order chi connectivity index (χ1) is 13.9. The quantitative estimate of drug-likeness (QED) is 0.666. The maximum atomic E-state index is 13.3. The lowest BCUT2D eigenvalue weighted by molar-refractivity contribution is 0.305. The van der Waals surface area contributed by atoms with Crippen molar-refractivity contribution in [3.63, 3.8) is 0 Å². The second kappa shape index (κ2) is 9.50. The van der Waals surface area contributed by atoms with E-state index in [1.807, 2.05) is 19.1 Å². The van der Waals surface area contributed by atoms with E-state index in [0.717, 1.165) is 36.5 Å². The third kappa shape index (κ3) is 6.11. The molecule has 1 unspecified atom stereocenters. The van der Waals surface area contributed by atoms with Gasteiger partial charge in [0.15, 0.2) is 0 Å². The van der Waals surface area contributed by atoms with Crippen LogP contribution >= 0.6 is 0 Å². The van der Waals surface area contributed by atoms with E-state index in [1.54, 1.807) is 12.1 Å². The van der Waals surface area contributed by atoms with Gasteiger partial charge in [-0.1, -0.05) is 25.1 Å². The first kappa shape index (κ1) is 21.5. The van der Waals surface area contributed by atoms with E-state index in [0.29, 0.717) is 17.7 Å². The Balaban J connectivity index is 1.68. The molecule has 0 aliphatic heterocycles. The van der Waals surface area contributed by atoms with Crippen LogP contribution < -0.4 is 9.46 Å². The summed E-state index contributed by atoms with van der Waals surface area (Å²) < 4.78 is 59.3. The molecule has 0 amide bonds. The molecule has 0 bridgehead atoms. The predicted octanol–water partition coefficient (Wildman–Crippen LogP) is 4.81. The molecule has 0 heterocycles. The molecule has 0 saturated heterocycles. The molecule has 4 nitrogen and oxygen atoms in total. The number of hydrogen-bond donors (Lipinski definition) is 1. The van der Waals surface area contributed by atoms with Crippen molar-refractivity contribution in [1.29, 1.82) is 0 Å². The van der Waals surface area contributed by atoms with Gasteiger partial charge in [0.05, 0.1) is 5.75 Å². The molecule has 1 N–H and O–H groups in total. The zero-order valence-electron chi connectivity index (χ0n) is 16.3. The number of rotatable bonds is 8. The zero-order chi connectivity index (χ0) is 20.9. The molecule has 1 aliphatic rings. The molecule has 2 aromatic rings. The first-order valence-corrected chi connectivity index (χ1v) is 11.4. The molecule has 2 aromatic carbocycles. The highest BCUT2D eigenvalue weighted by Crippen LogP contribution is 2.29. The van der Waals surface area contributed by atoms with Crippen LogP contribution in [0.2, 0.25) is 0 Å². The van der Waals surface area contributed by atoms with E-state index < -0.39 is 21.7 Å². The molecular formula is C22H25F2NO3S. The molecular weight excluding hydrogens is 396 g/mol. The first-order valence-electron chi connectivity index (χ1n) is 9.74. The summed E-state index contributed by atoms with van der Waals surface area (Å²) >= 11 is 0. The molecule has 3 rings (SSSR count). The van der Waals surface area contributed by atoms with Gasteiger partial charge in [0.2, 0.25) is 10.0 Å². The summed E-state index contributed by atoms with van der Waals surface area (Å²) in [5, 5.41) is 0. The van der Waals surface area contributed by atoms with Crippen molar-refractivity contribution >= 4 is 15.6 Å². The van der Waals surface area contributed by atoms with Gasteiger partial charge in [-0.05, 0) is 66.6 Å². The standard InChI is InChI=1S/C22H25F2NO3S/c1-2-11-29(26,27)25-22-6-4-3-5-21(22)17-7-9-20(10-8-17)28-15-16-12-18(23)14-19(24)13-16/h5,7-10,12-14,22,25H,2-4,6,11,15H2,1H3. The van der Waals surface area contributed by atoms with E-state index in [4.69, 9.17) is 4.74 Å². The fraction of sp³-hybridized carbons (Fsp3) is 0.364. The minimum atomic E-state index is -3.30. The van der Waals surface area contributed by atoms with Gasteiger partial charge in [-0.2, -0.15) is 0 Å². The largest absolute Gasteiger partial charge is 0.489 e. The number of benzene rings is 2. The maximum absolute atomic E-state index is 13.3. The molecule has 7 heteroatoms. The predicted molar refractivity (Wildman–Crippen MR) is 110 cm³/mol. The Morgan fingerprint density at radius 2 is 1.79 bits per heavy atom. The van der Waals surface area contributed by atoms with Gasteiger partial charge in [-0.3, -0.25) is 0 Å². The Morgan fingerprint density at radius 1 is 1.10 bits per heavy atom. The van der Waals surface area contributed by atoms with E-state index in [9.17, 15) is 17.2 Å². The van der Waals surface area contributed by atoms with Crippen LogP contribution in [0, 0.1) is 11.6 Å². The monoisotopic (exact) mass is 421 g/mol. The second-order valence-electron chi connectivity index (χ2n) is 7.17. The minimum absolute atomic E-state index is 0.0518. The topological polar surface area (TPSA) is 55.4 Å². The lowest BCUT2D eigenvalue weighted by atomic mass is 9.90. The molecule has 0 saturated carbocycles. The van der Waals surface area contributed by atoms with Gasteiger partial charge >= 0.3 is 0 Å². The van der Waals surface area contributed by atoms with Crippen molar-refractivity contribution in [2.45, 2.75) is 45.3 Å². The number of sulfonamides is 1.